The molecule has 2 aromatic carbocycles. The van der Waals surface area contributed by atoms with Crippen molar-refractivity contribution in [3.05, 3.63) is 81.3 Å². The Kier molecular flexibility index (Phi) is 9.03. The highest BCUT2D eigenvalue weighted by Gasteiger charge is 2.18. The van der Waals surface area contributed by atoms with E-state index in [9.17, 15) is 9.59 Å². The first-order valence-corrected chi connectivity index (χ1v) is 11.4. The van der Waals surface area contributed by atoms with Gasteiger partial charge in [-0.1, -0.05) is 41.9 Å². The van der Waals surface area contributed by atoms with Crippen LogP contribution in [0.5, 0.6) is 0 Å². The standard InChI is InChI=1S/C23H25ClN4O3S/c1-31-14-13-28(23(30)26-19-9-7-18(24)8-10-19)15-21-27-20(16-32-21)22(29)25-12-11-17-5-3-2-4-6-17/h2-10,16H,11-15H2,1H3,(H,25,29)(H,26,30). The number of amides is 3. The lowest BCUT2D eigenvalue weighted by molar-refractivity contribution is 0.0949. The van der Waals surface area contributed by atoms with Gasteiger partial charge in [-0.2, -0.15) is 0 Å². The summed E-state index contributed by atoms with van der Waals surface area (Å²) in [7, 11) is 1.58. The Balaban J connectivity index is 1.56. The van der Waals surface area contributed by atoms with Gasteiger partial charge in [0.1, 0.15) is 10.7 Å². The van der Waals surface area contributed by atoms with Crippen molar-refractivity contribution in [2.75, 3.05) is 32.1 Å². The van der Waals surface area contributed by atoms with Gasteiger partial charge in [0.15, 0.2) is 0 Å². The normalized spacial score (nSPS) is 10.6. The zero-order chi connectivity index (χ0) is 22.8. The molecule has 0 fully saturated rings. The lowest BCUT2D eigenvalue weighted by Gasteiger charge is -2.21. The van der Waals surface area contributed by atoms with E-state index in [1.165, 1.54) is 11.3 Å². The average Bonchev–Trinajstić information content (AvgIpc) is 3.27. The summed E-state index contributed by atoms with van der Waals surface area (Å²) in [5.74, 6) is -0.225. The Morgan fingerprint density at radius 2 is 1.88 bits per heavy atom. The Labute approximate surface area is 196 Å². The Bertz CT molecular complexity index is 1010. The number of aromatic nitrogens is 1. The fourth-order valence-corrected chi connectivity index (χ4v) is 3.81. The molecule has 168 valence electrons. The summed E-state index contributed by atoms with van der Waals surface area (Å²) in [6.07, 6.45) is 0.749. The van der Waals surface area contributed by atoms with E-state index >= 15 is 0 Å². The molecule has 0 aliphatic rings. The third-order valence-corrected chi connectivity index (χ3v) is 5.69. The van der Waals surface area contributed by atoms with Crippen LogP contribution in [-0.2, 0) is 17.7 Å². The molecule has 0 bridgehead atoms. The molecule has 0 saturated heterocycles. The summed E-state index contributed by atoms with van der Waals surface area (Å²) in [6, 6.07) is 16.6. The second-order valence-electron chi connectivity index (χ2n) is 6.97. The van der Waals surface area contributed by atoms with Crippen LogP contribution in [0.25, 0.3) is 0 Å². The first-order chi connectivity index (χ1) is 15.5. The highest BCUT2D eigenvalue weighted by atomic mass is 35.5. The maximum atomic E-state index is 12.7. The summed E-state index contributed by atoms with van der Waals surface area (Å²) in [4.78, 5) is 31.2. The van der Waals surface area contributed by atoms with E-state index in [-0.39, 0.29) is 18.5 Å². The smallest absolute Gasteiger partial charge is 0.322 e. The number of ether oxygens (including phenoxy) is 1. The van der Waals surface area contributed by atoms with Crippen molar-refractivity contribution in [2.24, 2.45) is 0 Å². The fraction of sp³-hybridized carbons (Fsp3) is 0.261. The van der Waals surface area contributed by atoms with Gasteiger partial charge in [0.05, 0.1) is 13.2 Å². The largest absolute Gasteiger partial charge is 0.383 e. The van der Waals surface area contributed by atoms with E-state index in [2.05, 4.69) is 15.6 Å². The van der Waals surface area contributed by atoms with Gasteiger partial charge in [-0.05, 0) is 36.2 Å². The van der Waals surface area contributed by atoms with Crippen molar-refractivity contribution in [3.8, 4) is 0 Å². The minimum Gasteiger partial charge on any atom is -0.383 e. The number of hydrogen-bond acceptors (Lipinski definition) is 5. The third-order valence-electron chi connectivity index (χ3n) is 4.60. The summed E-state index contributed by atoms with van der Waals surface area (Å²) < 4.78 is 5.13. The summed E-state index contributed by atoms with van der Waals surface area (Å²) in [6.45, 7) is 1.56. The number of nitrogens with one attached hydrogen (secondary N) is 2. The third kappa shape index (κ3) is 7.33. The molecular weight excluding hydrogens is 448 g/mol. The number of halogens is 1. The molecule has 9 heteroatoms. The Hall–Kier alpha value is -2.94. The van der Waals surface area contributed by atoms with Gasteiger partial charge in [-0.3, -0.25) is 4.79 Å². The number of urea groups is 1. The van der Waals surface area contributed by atoms with Crippen LogP contribution >= 0.6 is 22.9 Å². The van der Waals surface area contributed by atoms with E-state index in [1.807, 2.05) is 30.3 Å². The van der Waals surface area contributed by atoms with Gasteiger partial charge in [0.25, 0.3) is 5.91 Å². The first-order valence-electron chi connectivity index (χ1n) is 10.1. The Morgan fingerprint density at radius 3 is 2.59 bits per heavy atom. The topological polar surface area (TPSA) is 83.6 Å². The van der Waals surface area contributed by atoms with Crippen molar-refractivity contribution >= 4 is 40.6 Å². The molecule has 3 aromatic rings. The number of anilines is 1. The van der Waals surface area contributed by atoms with Crippen molar-refractivity contribution in [1.29, 1.82) is 0 Å². The number of carbonyl (C=O) groups excluding carboxylic acids is 2. The van der Waals surface area contributed by atoms with Gasteiger partial charge < -0.3 is 20.3 Å². The van der Waals surface area contributed by atoms with Crippen LogP contribution in [-0.4, -0.2) is 48.6 Å². The Morgan fingerprint density at radius 1 is 1.12 bits per heavy atom. The maximum absolute atomic E-state index is 12.7. The molecule has 0 aliphatic carbocycles. The molecule has 1 aromatic heterocycles. The number of thiazole rings is 1. The van der Waals surface area contributed by atoms with E-state index in [0.717, 1.165) is 12.0 Å². The molecule has 1 heterocycles. The summed E-state index contributed by atoms with van der Waals surface area (Å²) in [5, 5.41) is 8.70. The van der Waals surface area contributed by atoms with E-state index in [0.29, 0.717) is 41.1 Å². The van der Waals surface area contributed by atoms with Gasteiger partial charge in [0.2, 0.25) is 0 Å². The van der Waals surface area contributed by atoms with E-state index in [4.69, 9.17) is 16.3 Å². The molecule has 2 N–H and O–H groups in total. The summed E-state index contributed by atoms with van der Waals surface area (Å²) >= 11 is 7.24. The lowest BCUT2D eigenvalue weighted by Crippen LogP contribution is -2.36. The van der Waals surface area contributed by atoms with Gasteiger partial charge in [0, 0.05) is 36.3 Å². The molecule has 0 aliphatic heterocycles. The van der Waals surface area contributed by atoms with Crippen LogP contribution in [0.1, 0.15) is 21.1 Å². The predicted octanol–water partition coefficient (Wildman–Crippen LogP) is 4.45. The molecular formula is C23H25ClN4O3S. The molecule has 0 spiro atoms. The van der Waals surface area contributed by atoms with Crippen molar-refractivity contribution < 1.29 is 14.3 Å². The van der Waals surface area contributed by atoms with Crippen LogP contribution < -0.4 is 10.6 Å². The minimum atomic E-state index is -0.284. The molecule has 32 heavy (non-hydrogen) atoms. The molecule has 0 unspecified atom stereocenters. The van der Waals surface area contributed by atoms with Crippen LogP contribution in [0.4, 0.5) is 10.5 Å². The zero-order valence-corrected chi connectivity index (χ0v) is 19.3. The van der Waals surface area contributed by atoms with Crippen LogP contribution in [0, 0.1) is 0 Å². The highest BCUT2D eigenvalue weighted by Crippen LogP contribution is 2.16. The number of nitrogens with zero attached hydrogens (tertiary/aromatic N) is 2. The van der Waals surface area contributed by atoms with Gasteiger partial charge in [-0.25, -0.2) is 9.78 Å². The van der Waals surface area contributed by atoms with Crippen molar-refractivity contribution in [1.82, 2.24) is 15.2 Å². The number of hydrogen-bond donors (Lipinski definition) is 2. The number of rotatable bonds is 10. The molecule has 3 rings (SSSR count). The van der Waals surface area contributed by atoms with E-state index < -0.39 is 0 Å². The zero-order valence-electron chi connectivity index (χ0n) is 17.7. The van der Waals surface area contributed by atoms with Crippen LogP contribution in [0.2, 0.25) is 5.02 Å². The predicted molar refractivity (Wildman–Crippen MR) is 127 cm³/mol. The van der Waals surface area contributed by atoms with Gasteiger partial charge >= 0.3 is 6.03 Å². The summed E-state index contributed by atoms with van der Waals surface area (Å²) in [5.41, 5.74) is 2.15. The monoisotopic (exact) mass is 472 g/mol. The van der Waals surface area contributed by atoms with Crippen molar-refractivity contribution in [3.63, 3.8) is 0 Å². The van der Waals surface area contributed by atoms with Gasteiger partial charge in [-0.15, -0.1) is 11.3 Å². The van der Waals surface area contributed by atoms with E-state index in [1.54, 1.807) is 41.7 Å². The number of benzene rings is 2. The second kappa shape index (κ2) is 12.2. The van der Waals surface area contributed by atoms with Crippen molar-refractivity contribution in [2.45, 2.75) is 13.0 Å². The second-order valence-corrected chi connectivity index (χ2v) is 8.35. The van der Waals surface area contributed by atoms with Crippen LogP contribution in [0.15, 0.2) is 60.0 Å². The SMILES string of the molecule is COCCN(Cc1nc(C(=O)NCCc2ccccc2)cs1)C(=O)Nc1ccc(Cl)cc1. The van der Waals surface area contributed by atoms with Crippen LogP contribution in [0.3, 0.4) is 0 Å². The molecule has 3 amide bonds. The highest BCUT2D eigenvalue weighted by molar-refractivity contribution is 7.09. The molecule has 0 atom stereocenters. The fourth-order valence-electron chi connectivity index (χ4n) is 2.90. The average molecular weight is 473 g/mol. The number of carbonyl (C=O) groups is 2. The minimum absolute atomic E-state index is 0.225. The molecule has 7 nitrogen and oxygen atoms in total. The quantitative estimate of drug-likeness (QED) is 0.456. The first kappa shape index (κ1) is 23.7. The molecule has 0 saturated carbocycles. The molecule has 0 radical (unpaired) electrons. The number of methoxy groups -OCH3 is 1. The lowest BCUT2D eigenvalue weighted by atomic mass is 10.1. The maximum Gasteiger partial charge on any atom is 0.322 e.